The Morgan fingerprint density at radius 2 is 2.00 bits per heavy atom. The highest BCUT2D eigenvalue weighted by Crippen LogP contribution is 2.30. The number of aromatic nitrogens is 1. The quantitative estimate of drug-likeness (QED) is 0.515. The highest BCUT2D eigenvalue weighted by atomic mass is 32.1. The van der Waals surface area contributed by atoms with E-state index in [4.69, 9.17) is 0 Å². The van der Waals surface area contributed by atoms with Crippen LogP contribution in [0.2, 0.25) is 0 Å². The average Bonchev–Trinajstić information content (AvgIpc) is 3.03. The molecule has 7 heteroatoms. The van der Waals surface area contributed by atoms with Gasteiger partial charge in [-0.05, 0) is 38.1 Å². The van der Waals surface area contributed by atoms with Crippen LogP contribution in [0, 0.1) is 17.0 Å². The van der Waals surface area contributed by atoms with E-state index in [0.29, 0.717) is 11.1 Å². The number of hydrogen-bond donors (Lipinski definition) is 0. The summed E-state index contributed by atoms with van der Waals surface area (Å²) in [5, 5.41) is 11.8. The molecule has 3 aromatic rings. The van der Waals surface area contributed by atoms with Gasteiger partial charge in [-0.3, -0.25) is 14.9 Å². The topological polar surface area (TPSA) is 76.3 Å². The lowest BCUT2D eigenvalue weighted by molar-refractivity contribution is -0.385. The molecule has 0 radical (unpaired) electrons. The molecule has 6 nitrogen and oxygen atoms in total. The van der Waals surface area contributed by atoms with E-state index in [-0.39, 0.29) is 17.6 Å². The lowest BCUT2D eigenvalue weighted by Crippen LogP contribution is -2.29. The minimum Gasteiger partial charge on any atom is -0.333 e. The second kappa shape index (κ2) is 6.60. The Kier molecular flexibility index (Phi) is 4.50. The first-order valence-corrected chi connectivity index (χ1v) is 8.58. The second-order valence-corrected chi connectivity index (χ2v) is 6.93. The Bertz CT molecular complexity index is 934. The molecule has 0 fully saturated rings. The van der Waals surface area contributed by atoms with E-state index in [1.165, 1.54) is 12.1 Å². The summed E-state index contributed by atoms with van der Waals surface area (Å²) in [5.74, 6) is -0.190. The van der Waals surface area contributed by atoms with Crippen molar-refractivity contribution in [2.75, 3.05) is 7.05 Å². The summed E-state index contributed by atoms with van der Waals surface area (Å²) in [5.41, 5.74) is 1.83. The third-order valence-electron chi connectivity index (χ3n) is 4.21. The van der Waals surface area contributed by atoms with Gasteiger partial charge in [0.2, 0.25) is 0 Å². The summed E-state index contributed by atoms with van der Waals surface area (Å²) in [6.07, 6.45) is 0. The van der Waals surface area contributed by atoms with Crippen LogP contribution >= 0.6 is 11.3 Å². The summed E-state index contributed by atoms with van der Waals surface area (Å²) in [4.78, 5) is 29.4. The fourth-order valence-corrected chi connectivity index (χ4v) is 3.67. The summed E-state index contributed by atoms with van der Waals surface area (Å²) >= 11 is 1.56. The van der Waals surface area contributed by atoms with E-state index in [1.54, 1.807) is 36.3 Å². The lowest BCUT2D eigenvalue weighted by atomic mass is 10.1. The molecule has 0 spiro atoms. The number of nitro groups is 1. The number of aryl methyl sites for hydroxylation is 1. The monoisotopic (exact) mass is 355 g/mol. The van der Waals surface area contributed by atoms with Crippen LogP contribution in [-0.4, -0.2) is 27.8 Å². The average molecular weight is 355 g/mol. The number of rotatable bonds is 4. The SMILES string of the molecule is Cc1cc(C(=O)N(C)[C@H](C)c2nc3ccccc3s2)ccc1[N+](=O)[O-]. The number of amides is 1. The van der Waals surface area contributed by atoms with Gasteiger partial charge in [0.05, 0.1) is 21.2 Å². The van der Waals surface area contributed by atoms with Gasteiger partial charge in [-0.25, -0.2) is 4.98 Å². The highest BCUT2D eigenvalue weighted by Gasteiger charge is 2.23. The van der Waals surface area contributed by atoms with Crippen LogP contribution in [0.15, 0.2) is 42.5 Å². The number of carbonyl (C=O) groups excluding carboxylic acids is 1. The van der Waals surface area contributed by atoms with Crippen molar-refractivity contribution in [2.45, 2.75) is 19.9 Å². The van der Waals surface area contributed by atoms with Crippen molar-refractivity contribution < 1.29 is 9.72 Å². The van der Waals surface area contributed by atoms with E-state index >= 15 is 0 Å². The van der Waals surface area contributed by atoms with Crippen molar-refractivity contribution in [3.8, 4) is 0 Å². The molecular formula is C18H17N3O3S. The first-order chi connectivity index (χ1) is 11.9. The number of benzene rings is 2. The molecule has 0 saturated carbocycles. The number of thiazole rings is 1. The number of fused-ring (bicyclic) bond motifs is 1. The molecule has 0 bridgehead atoms. The molecule has 0 aliphatic carbocycles. The van der Waals surface area contributed by atoms with Gasteiger partial charge in [0, 0.05) is 24.2 Å². The van der Waals surface area contributed by atoms with Gasteiger partial charge >= 0.3 is 0 Å². The van der Waals surface area contributed by atoms with E-state index in [2.05, 4.69) is 4.98 Å². The maximum atomic E-state index is 12.7. The molecule has 1 atom stereocenters. The smallest absolute Gasteiger partial charge is 0.272 e. The summed E-state index contributed by atoms with van der Waals surface area (Å²) < 4.78 is 1.08. The molecule has 2 aromatic carbocycles. The van der Waals surface area contributed by atoms with E-state index in [1.807, 2.05) is 31.2 Å². The van der Waals surface area contributed by atoms with Crippen molar-refractivity contribution in [3.05, 3.63) is 68.7 Å². The molecule has 25 heavy (non-hydrogen) atoms. The molecule has 3 rings (SSSR count). The Morgan fingerprint density at radius 3 is 2.64 bits per heavy atom. The number of para-hydroxylation sites is 1. The number of nitrogens with zero attached hydrogens (tertiary/aromatic N) is 3. The maximum Gasteiger partial charge on any atom is 0.272 e. The molecule has 0 aliphatic heterocycles. The second-order valence-electron chi connectivity index (χ2n) is 5.87. The summed E-state index contributed by atoms with van der Waals surface area (Å²) in [6.45, 7) is 3.56. The number of nitro benzene ring substituents is 1. The van der Waals surface area contributed by atoms with E-state index in [9.17, 15) is 14.9 Å². The van der Waals surface area contributed by atoms with Crippen molar-refractivity contribution >= 4 is 33.1 Å². The zero-order valence-electron chi connectivity index (χ0n) is 14.1. The van der Waals surface area contributed by atoms with Crippen LogP contribution in [0.1, 0.15) is 33.9 Å². The van der Waals surface area contributed by atoms with Gasteiger partial charge in [-0.1, -0.05) is 12.1 Å². The minimum absolute atomic E-state index is 0.0124. The predicted molar refractivity (Wildman–Crippen MR) is 98.0 cm³/mol. The Labute approximate surface area is 148 Å². The van der Waals surface area contributed by atoms with Crippen molar-refractivity contribution in [2.24, 2.45) is 0 Å². The van der Waals surface area contributed by atoms with Gasteiger partial charge in [0.1, 0.15) is 5.01 Å². The predicted octanol–water partition coefficient (Wildman–Crippen LogP) is 4.35. The number of carbonyl (C=O) groups is 1. The maximum absolute atomic E-state index is 12.7. The van der Waals surface area contributed by atoms with Gasteiger partial charge in [0.25, 0.3) is 11.6 Å². The van der Waals surface area contributed by atoms with E-state index < -0.39 is 4.92 Å². The van der Waals surface area contributed by atoms with Crippen LogP contribution < -0.4 is 0 Å². The lowest BCUT2D eigenvalue weighted by Gasteiger charge is -2.23. The Morgan fingerprint density at radius 1 is 1.28 bits per heavy atom. The zero-order chi connectivity index (χ0) is 18.1. The van der Waals surface area contributed by atoms with Gasteiger partial charge in [0.15, 0.2) is 0 Å². The molecule has 128 valence electrons. The van der Waals surface area contributed by atoms with Crippen LogP contribution in [0.4, 0.5) is 5.69 Å². The van der Waals surface area contributed by atoms with Crippen LogP contribution in [0.25, 0.3) is 10.2 Å². The molecule has 1 aromatic heterocycles. The van der Waals surface area contributed by atoms with Crippen molar-refractivity contribution in [1.82, 2.24) is 9.88 Å². The first kappa shape index (κ1) is 17.0. The minimum atomic E-state index is -0.447. The van der Waals surface area contributed by atoms with Gasteiger partial charge < -0.3 is 4.90 Å². The fourth-order valence-electron chi connectivity index (χ4n) is 2.61. The molecule has 0 aliphatic rings. The Balaban J connectivity index is 1.86. The number of hydrogen-bond acceptors (Lipinski definition) is 5. The van der Waals surface area contributed by atoms with Crippen molar-refractivity contribution in [1.29, 1.82) is 0 Å². The molecule has 1 heterocycles. The standard InChI is InChI=1S/C18H17N3O3S/c1-11-10-13(8-9-15(11)21(23)24)18(22)20(3)12(2)17-19-14-6-4-5-7-16(14)25-17/h4-10,12H,1-3H3/t12-/m1/s1. The first-order valence-electron chi connectivity index (χ1n) is 7.76. The van der Waals surface area contributed by atoms with Crippen LogP contribution in [0.5, 0.6) is 0 Å². The largest absolute Gasteiger partial charge is 0.333 e. The molecule has 0 N–H and O–H groups in total. The highest BCUT2D eigenvalue weighted by molar-refractivity contribution is 7.18. The van der Waals surface area contributed by atoms with Gasteiger partial charge in [-0.2, -0.15) is 0 Å². The molecular weight excluding hydrogens is 338 g/mol. The van der Waals surface area contributed by atoms with E-state index in [0.717, 1.165) is 15.2 Å². The fraction of sp³-hybridized carbons (Fsp3) is 0.222. The molecule has 0 unspecified atom stereocenters. The summed E-state index contributed by atoms with van der Waals surface area (Å²) in [6, 6.07) is 12.1. The molecule has 1 amide bonds. The summed E-state index contributed by atoms with van der Waals surface area (Å²) in [7, 11) is 1.72. The normalized spacial score (nSPS) is 12.1. The third-order valence-corrected chi connectivity index (χ3v) is 5.42. The third kappa shape index (κ3) is 3.23. The van der Waals surface area contributed by atoms with Crippen LogP contribution in [0.3, 0.4) is 0 Å². The zero-order valence-corrected chi connectivity index (χ0v) is 14.9. The molecule has 0 saturated heterocycles. The van der Waals surface area contributed by atoms with Crippen LogP contribution in [-0.2, 0) is 0 Å². The van der Waals surface area contributed by atoms with Crippen molar-refractivity contribution in [3.63, 3.8) is 0 Å². The Hall–Kier alpha value is -2.80. The van der Waals surface area contributed by atoms with Gasteiger partial charge in [-0.15, -0.1) is 11.3 Å².